The maximum atomic E-state index is 14.2. The highest BCUT2D eigenvalue weighted by molar-refractivity contribution is 5.30. The van der Waals surface area contributed by atoms with E-state index in [1.54, 1.807) is 6.92 Å². The van der Waals surface area contributed by atoms with Crippen LogP contribution < -0.4 is 5.73 Å². The largest absolute Gasteiger partial charge is 0.324 e. The molecule has 1 aliphatic rings. The van der Waals surface area contributed by atoms with Gasteiger partial charge in [0.25, 0.3) is 0 Å². The summed E-state index contributed by atoms with van der Waals surface area (Å²) < 4.78 is 28.2. The van der Waals surface area contributed by atoms with Crippen LogP contribution in [0, 0.1) is 29.9 Å². The van der Waals surface area contributed by atoms with Gasteiger partial charge in [-0.05, 0) is 42.7 Å². The van der Waals surface area contributed by atoms with Gasteiger partial charge < -0.3 is 5.73 Å². The summed E-state index contributed by atoms with van der Waals surface area (Å²) in [6.07, 6.45) is 4.28. The van der Waals surface area contributed by atoms with Crippen molar-refractivity contribution in [2.75, 3.05) is 0 Å². The molecule has 2 N–H and O–H groups in total. The van der Waals surface area contributed by atoms with Gasteiger partial charge in [0, 0.05) is 11.6 Å². The highest BCUT2D eigenvalue weighted by Crippen LogP contribution is 2.46. The Morgan fingerprint density at radius 3 is 2.58 bits per heavy atom. The summed E-state index contributed by atoms with van der Waals surface area (Å²) in [5, 5.41) is 0. The Kier molecular flexibility index (Phi) is 3.95. The zero-order valence-corrected chi connectivity index (χ0v) is 12.0. The SMILES string of the molecule is Cc1ccc(F)c(C(N)C2CCCCC2(C)C)c1F. The van der Waals surface area contributed by atoms with Crippen molar-refractivity contribution in [1.29, 1.82) is 0 Å². The standard InChI is InChI=1S/C16H23F2N/c1-10-7-8-12(17)13(14(10)18)15(19)11-6-4-5-9-16(11,2)3/h7-8,11,15H,4-6,9,19H2,1-3H3. The van der Waals surface area contributed by atoms with E-state index in [4.69, 9.17) is 5.73 Å². The Bertz CT molecular complexity index is 468. The van der Waals surface area contributed by atoms with E-state index >= 15 is 0 Å². The quantitative estimate of drug-likeness (QED) is 0.839. The topological polar surface area (TPSA) is 26.0 Å². The van der Waals surface area contributed by atoms with E-state index in [0.717, 1.165) is 19.3 Å². The summed E-state index contributed by atoms with van der Waals surface area (Å²) >= 11 is 0. The Balaban J connectivity index is 2.39. The Morgan fingerprint density at radius 2 is 1.95 bits per heavy atom. The van der Waals surface area contributed by atoms with Crippen LogP contribution in [0.2, 0.25) is 0 Å². The van der Waals surface area contributed by atoms with Gasteiger partial charge in [-0.25, -0.2) is 8.78 Å². The molecular formula is C16H23F2N. The molecule has 0 amide bonds. The van der Waals surface area contributed by atoms with Crippen LogP contribution in [-0.2, 0) is 0 Å². The van der Waals surface area contributed by atoms with Gasteiger partial charge in [0.15, 0.2) is 0 Å². The fourth-order valence-corrected chi connectivity index (χ4v) is 3.37. The minimum absolute atomic E-state index is 0.0420. The van der Waals surface area contributed by atoms with Crippen LogP contribution in [-0.4, -0.2) is 0 Å². The number of hydrogen-bond acceptors (Lipinski definition) is 1. The van der Waals surface area contributed by atoms with Crippen molar-refractivity contribution in [2.45, 2.75) is 52.5 Å². The average molecular weight is 267 g/mol. The molecule has 2 atom stereocenters. The molecule has 3 heteroatoms. The molecule has 0 bridgehead atoms. The van der Waals surface area contributed by atoms with Crippen LogP contribution in [0.25, 0.3) is 0 Å². The lowest BCUT2D eigenvalue weighted by atomic mass is 9.65. The van der Waals surface area contributed by atoms with Crippen LogP contribution in [0.15, 0.2) is 12.1 Å². The van der Waals surface area contributed by atoms with Gasteiger partial charge in [-0.2, -0.15) is 0 Å². The summed E-state index contributed by atoms with van der Waals surface area (Å²) in [6.45, 7) is 5.96. The summed E-state index contributed by atoms with van der Waals surface area (Å²) in [7, 11) is 0. The van der Waals surface area contributed by atoms with Gasteiger partial charge in [0.1, 0.15) is 11.6 Å². The van der Waals surface area contributed by atoms with Crippen molar-refractivity contribution in [3.05, 3.63) is 34.9 Å². The van der Waals surface area contributed by atoms with Crippen molar-refractivity contribution in [1.82, 2.24) is 0 Å². The normalized spacial score (nSPS) is 24.2. The van der Waals surface area contributed by atoms with E-state index in [1.807, 2.05) is 0 Å². The molecule has 0 radical (unpaired) electrons. The number of nitrogens with two attached hydrogens (primary N) is 1. The fraction of sp³-hybridized carbons (Fsp3) is 0.625. The second-order valence-corrected chi connectivity index (χ2v) is 6.46. The van der Waals surface area contributed by atoms with E-state index in [0.29, 0.717) is 5.56 Å². The van der Waals surface area contributed by atoms with Crippen molar-refractivity contribution in [3.63, 3.8) is 0 Å². The molecule has 0 spiro atoms. The van der Waals surface area contributed by atoms with Gasteiger partial charge in [-0.1, -0.05) is 32.8 Å². The molecule has 0 aromatic heterocycles. The zero-order chi connectivity index (χ0) is 14.2. The third kappa shape index (κ3) is 2.66. The van der Waals surface area contributed by atoms with Crippen LogP contribution in [0.4, 0.5) is 8.78 Å². The van der Waals surface area contributed by atoms with E-state index in [2.05, 4.69) is 13.8 Å². The van der Waals surface area contributed by atoms with Crippen molar-refractivity contribution in [2.24, 2.45) is 17.1 Å². The smallest absolute Gasteiger partial charge is 0.133 e. The molecule has 19 heavy (non-hydrogen) atoms. The average Bonchev–Trinajstić information content (AvgIpc) is 2.33. The third-order valence-electron chi connectivity index (χ3n) is 4.68. The van der Waals surface area contributed by atoms with Crippen LogP contribution >= 0.6 is 0 Å². The second-order valence-electron chi connectivity index (χ2n) is 6.46. The fourth-order valence-electron chi connectivity index (χ4n) is 3.37. The van der Waals surface area contributed by atoms with E-state index in [9.17, 15) is 8.78 Å². The van der Waals surface area contributed by atoms with E-state index in [-0.39, 0.29) is 16.9 Å². The molecule has 1 aliphatic carbocycles. The number of benzene rings is 1. The molecule has 0 saturated heterocycles. The molecule has 1 fully saturated rings. The first kappa shape index (κ1) is 14.4. The van der Waals surface area contributed by atoms with Gasteiger partial charge >= 0.3 is 0 Å². The number of aryl methyl sites for hydroxylation is 1. The minimum atomic E-state index is -0.560. The highest BCUT2D eigenvalue weighted by Gasteiger charge is 2.38. The van der Waals surface area contributed by atoms with Crippen LogP contribution in [0.3, 0.4) is 0 Å². The number of rotatable bonds is 2. The maximum absolute atomic E-state index is 14.2. The molecule has 1 nitrogen and oxygen atoms in total. The summed E-state index contributed by atoms with van der Waals surface area (Å²) in [6, 6.07) is 2.23. The highest BCUT2D eigenvalue weighted by atomic mass is 19.1. The monoisotopic (exact) mass is 267 g/mol. The van der Waals surface area contributed by atoms with Gasteiger partial charge in [-0.3, -0.25) is 0 Å². The van der Waals surface area contributed by atoms with Gasteiger partial charge in [0.2, 0.25) is 0 Å². The molecule has 2 rings (SSSR count). The van der Waals surface area contributed by atoms with Crippen molar-refractivity contribution in [3.8, 4) is 0 Å². The Morgan fingerprint density at radius 1 is 1.26 bits per heavy atom. The van der Waals surface area contributed by atoms with Crippen LogP contribution in [0.1, 0.15) is 56.7 Å². The molecule has 106 valence electrons. The zero-order valence-electron chi connectivity index (χ0n) is 12.0. The Labute approximate surface area is 114 Å². The van der Waals surface area contributed by atoms with Crippen molar-refractivity contribution < 1.29 is 8.78 Å². The predicted molar refractivity (Wildman–Crippen MR) is 73.8 cm³/mol. The van der Waals surface area contributed by atoms with E-state index in [1.165, 1.54) is 18.6 Å². The first-order valence-corrected chi connectivity index (χ1v) is 7.04. The number of halogens is 2. The maximum Gasteiger partial charge on any atom is 0.133 e. The lowest BCUT2D eigenvalue weighted by Crippen LogP contribution is -2.37. The van der Waals surface area contributed by atoms with Gasteiger partial charge in [-0.15, -0.1) is 0 Å². The molecule has 0 heterocycles. The van der Waals surface area contributed by atoms with Crippen molar-refractivity contribution >= 4 is 0 Å². The first-order valence-electron chi connectivity index (χ1n) is 7.04. The molecule has 1 aromatic rings. The third-order valence-corrected chi connectivity index (χ3v) is 4.68. The minimum Gasteiger partial charge on any atom is -0.324 e. The molecule has 1 aromatic carbocycles. The molecule has 1 saturated carbocycles. The molecular weight excluding hydrogens is 244 g/mol. The number of hydrogen-bond donors (Lipinski definition) is 1. The second kappa shape index (κ2) is 5.20. The Hall–Kier alpha value is -0.960. The van der Waals surface area contributed by atoms with Crippen LogP contribution in [0.5, 0.6) is 0 Å². The van der Waals surface area contributed by atoms with Gasteiger partial charge in [0.05, 0.1) is 0 Å². The predicted octanol–water partition coefficient (Wildman–Crippen LogP) is 4.49. The molecule has 2 unspecified atom stereocenters. The first-order chi connectivity index (χ1) is 8.84. The molecule has 0 aliphatic heterocycles. The summed E-state index contributed by atoms with van der Waals surface area (Å²) in [4.78, 5) is 0. The summed E-state index contributed by atoms with van der Waals surface area (Å²) in [5.74, 6) is -0.863. The summed E-state index contributed by atoms with van der Waals surface area (Å²) in [5.41, 5.74) is 6.81. The lowest BCUT2D eigenvalue weighted by Gasteiger charge is -2.42. The lowest BCUT2D eigenvalue weighted by molar-refractivity contribution is 0.110. The van der Waals surface area contributed by atoms with E-state index < -0.39 is 17.7 Å².